The standard InChI is InChI=1S/C12H15IN2O/c1-9-8-15(6-5-14-9)12(16)10-3-2-4-11(13)7-10/h2-4,7,9,14H,5-6,8H2,1H3/t9-/m0/s1. The topological polar surface area (TPSA) is 32.3 Å². The van der Waals surface area contributed by atoms with Crippen LogP contribution in [-0.4, -0.2) is 36.5 Å². The summed E-state index contributed by atoms with van der Waals surface area (Å²) in [6.45, 7) is 4.59. The maximum Gasteiger partial charge on any atom is 0.253 e. The van der Waals surface area contributed by atoms with Gasteiger partial charge in [0.25, 0.3) is 5.91 Å². The van der Waals surface area contributed by atoms with Gasteiger partial charge in [-0.1, -0.05) is 6.07 Å². The molecule has 1 fully saturated rings. The van der Waals surface area contributed by atoms with Gasteiger partial charge in [0.2, 0.25) is 0 Å². The van der Waals surface area contributed by atoms with E-state index in [1.807, 2.05) is 29.2 Å². The Morgan fingerprint density at radius 2 is 2.38 bits per heavy atom. The van der Waals surface area contributed by atoms with Crippen LogP contribution in [0.1, 0.15) is 17.3 Å². The summed E-state index contributed by atoms with van der Waals surface area (Å²) in [5.41, 5.74) is 0.793. The van der Waals surface area contributed by atoms with E-state index in [-0.39, 0.29) is 5.91 Å². The van der Waals surface area contributed by atoms with Gasteiger partial charge in [0, 0.05) is 34.8 Å². The molecule has 1 atom stereocenters. The van der Waals surface area contributed by atoms with Crippen molar-refractivity contribution in [2.75, 3.05) is 19.6 Å². The van der Waals surface area contributed by atoms with E-state index in [1.165, 1.54) is 0 Å². The van der Waals surface area contributed by atoms with E-state index in [9.17, 15) is 4.79 Å². The van der Waals surface area contributed by atoms with E-state index in [1.54, 1.807) is 0 Å². The molecule has 1 aliphatic rings. The van der Waals surface area contributed by atoms with Crippen molar-refractivity contribution in [2.45, 2.75) is 13.0 Å². The number of piperazine rings is 1. The quantitative estimate of drug-likeness (QED) is 0.796. The fourth-order valence-corrected chi connectivity index (χ4v) is 2.46. The number of nitrogens with zero attached hydrogens (tertiary/aromatic N) is 1. The smallest absolute Gasteiger partial charge is 0.253 e. The molecule has 0 bridgehead atoms. The van der Waals surface area contributed by atoms with Gasteiger partial charge in [-0.25, -0.2) is 0 Å². The van der Waals surface area contributed by atoms with Crippen molar-refractivity contribution in [3.8, 4) is 0 Å². The zero-order chi connectivity index (χ0) is 11.5. The third kappa shape index (κ3) is 2.74. The average Bonchev–Trinajstić information content (AvgIpc) is 2.28. The van der Waals surface area contributed by atoms with E-state index >= 15 is 0 Å². The molecule has 3 nitrogen and oxygen atoms in total. The normalized spacial score (nSPS) is 20.9. The highest BCUT2D eigenvalue weighted by Crippen LogP contribution is 2.11. The van der Waals surface area contributed by atoms with Gasteiger partial charge in [-0.2, -0.15) is 0 Å². The molecule has 0 spiro atoms. The lowest BCUT2D eigenvalue weighted by Crippen LogP contribution is -2.51. The molecule has 1 aromatic carbocycles. The number of hydrogen-bond acceptors (Lipinski definition) is 2. The summed E-state index contributed by atoms with van der Waals surface area (Å²) >= 11 is 2.23. The lowest BCUT2D eigenvalue weighted by atomic mass is 10.1. The van der Waals surface area contributed by atoms with Gasteiger partial charge in [-0.3, -0.25) is 4.79 Å². The molecule has 0 aliphatic carbocycles. The number of amides is 1. The van der Waals surface area contributed by atoms with E-state index in [0.29, 0.717) is 6.04 Å². The highest BCUT2D eigenvalue weighted by atomic mass is 127. The Kier molecular flexibility index (Phi) is 3.81. The molecule has 1 aliphatic heterocycles. The second kappa shape index (κ2) is 5.14. The summed E-state index contributed by atoms with van der Waals surface area (Å²) in [7, 11) is 0. The molecule has 86 valence electrons. The zero-order valence-electron chi connectivity index (χ0n) is 9.24. The van der Waals surface area contributed by atoms with Gasteiger partial charge < -0.3 is 10.2 Å². The number of carbonyl (C=O) groups is 1. The number of nitrogens with one attached hydrogen (secondary N) is 1. The van der Waals surface area contributed by atoms with Crippen LogP contribution in [0.5, 0.6) is 0 Å². The summed E-state index contributed by atoms with van der Waals surface area (Å²) < 4.78 is 1.10. The number of benzene rings is 1. The first-order chi connectivity index (χ1) is 7.66. The molecule has 1 N–H and O–H groups in total. The van der Waals surface area contributed by atoms with Crippen LogP contribution >= 0.6 is 22.6 Å². The fourth-order valence-electron chi connectivity index (χ4n) is 1.92. The van der Waals surface area contributed by atoms with Crippen LogP contribution in [0.2, 0.25) is 0 Å². The number of halogens is 1. The molecule has 0 unspecified atom stereocenters. The molecule has 1 amide bonds. The Labute approximate surface area is 109 Å². The van der Waals surface area contributed by atoms with E-state index in [0.717, 1.165) is 28.8 Å². The van der Waals surface area contributed by atoms with Gasteiger partial charge in [0.15, 0.2) is 0 Å². The molecule has 2 rings (SSSR count). The summed E-state index contributed by atoms with van der Waals surface area (Å²) in [5.74, 6) is 0.145. The maximum atomic E-state index is 12.2. The summed E-state index contributed by atoms with van der Waals surface area (Å²) in [6.07, 6.45) is 0. The first-order valence-corrected chi connectivity index (χ1v) is 6.53. The second-order valence-electron chi connectivity index (χ2n) is 4.12. The Hall–Kier alpha value is -0.620. The number of hydrogen-bond donors (Lipinski definition) is 1. The largest absolute Gasteiger partial charge is 0.336 e. The molecule has 0 aromatic heterocycles. The molecule has 4 heteroatoms. The van der Waals surface area contributed by atoms with E-state index < -0.39 is 0 Å². The highest BCUT2D eigenvalue weighted by molar-refractivity contribution is 14.1. The third-order valence-electron chi connectivity index (χ3n) is 2.73. The Morgan fingerprint density at radius 1 is 1.56 bits per heavy atom. The van der Waals surface area contributed by atoms with Crippen LogP contribution in [0.3, 0.4) is 0 Å². The zero-order valence-corrected chi connectivity index (χ0v) is 11.4. The van der Waals surface area contributed by atoms with Crippen LogP contribution in [0.15, 0.2) is 24.3 Å². The van der Waals surface area contributed by atoms with Crippen LogP contribution < -0.4 is 5.32 Å². The van der Waals surface area contributed by atoms with Crippen molar-refractivity contribution in [1.82, 2.24) is 10.2 Å². The molecule has 1 heterocycles. The minimum Gasteiger partial charge on any atom is -0.336 e. The lowest BCUT2D eigenvalue weighted by Gasteiger charge is -2.32. The van der Waals surface area contributed by atoms with Crippen molar-refractivity contribution < 1.29 is 4.79 Å². The Balaban J connectivity index is 2.12. The lowest BCUT2D eigenvalue weighted by molar-refractivity contribution is 0.0709. The molecule has 1 aromatic rings. The first kappa shape index (κ1) is 11.9. The van der Waals surface area contributed by atoms with Gasteiger partial charge in [-0.05, 0) is 47.7 Å². The molecule has 1 saturated heterocycles. The Morgan fingerprint density at radius 3 is 3.06 bits per heavy atom. The second-order valence-corrected chi connectivity index (χ2v) is 5.36. The summed E-state index contributed by atoms with van der Waals surface area (Å²) in [4.78, 5) is 14.1. The monoisotopic (exact) mass is 330 g/mol. The van der Waals surface area contributed by atoms with Crippen LogP contribution in [0.4, 0.5) is 0 Å². The maximum absolute atomic E-state index is 12.2. The molecule has 0 radical (unpaired) electrons. The van der Waals surface area contributed by atoms with Crippen molar-refractivity contribution >= 4 is 28.5 Å². The molecule has 0 saturated carbocycles. The van der Waals surface area contributed by atoms with Gasteiger partial charge >= 0.3 is 0 Å². The van der Waals surface area contributed by atoms with Crippen molar-refractivity contribution in [2.24, 2.45) is 0 Å². The third-order valence-corrected chi connectivity index (χ3v) is 3.40. The van der Waals surface area contributed by atoms with Crippen LogP contribution in [0.25, 0.3) is 0 Å². The summed E-state index contributed by atoms with van der Waals surface area (Å²) in [6, 6.07) is 8.14. The number of carbonyl (C=O) groups excluding carboxylic acids is 1. The van der Waals surface area contributed by atoms with Crippen molar-refractivity contribution in [3.63, 3.8) is 0 Å². The van der Waals surface area contributed by atoms with E-state index in [2.05, 4.69) is 34.8 Å². The SMILES string of the molecule is C[C@H]1CN(C(=O)c2cccc(I)c2)CCN1. The summed E-state index contributed by atoms with van der Waals surface area (Å²) in [5, 5.41) is 3.33. The first-order valence-electron chi connectivity index (χ1n) is 5.45. The average molecular weight is 330 g/mol. The molecular formula is C12H15IN2O. The predicted octanol–water partition coefficient (Wildman–Crippen LogP) is 1.73. The Bertz CT molecular complexity index is 394. The molecule has 16 heavy (non-hydrogen) atoms. The van der Waals surface area contributed by atoms with Crippen molar-refractivity contribution in [3.05, 3.63) is 33.4 Å². The van der Waals surface area contributed by atoms with Crippen LogP contribution in [-0.2, 0) is 0 Å². The minimum atomic E-state index is 0.145. The van der Waals surface area contributed by atoms with E-state index in [4.69, 9.17) is 0 Å². The fraction of sp³-hybridized carbons (Fsp3) is 0.417. The minimum absolute atomic E-state index is 0.145. The highest BCUT2D eigenvalue weighted by Gasteiger charge is 2.21. The van der Waals surface area contributed by atoms with Crippen LogP contribution in [0, 0.1) is 3.57 Å². The van der Waals surface area contributed by atoms with Gasteiger partial charge in [-0.15, -0.1) is 0 Å². The number of rotatable bonds is 1. The predicted molar refractivity (Wildman–Crippen MR) is 72.5 cm³/mol. The van der Waals surface area contributed by atoms with Gasteiger partial charge in [0.05, 0.1) is 0 Å². The van der Waals surface area contributed by atoms with Crippen molar-refractivity contribution in [1.29, 1.82) is 0 Å². The van der Waals surface area contributed by atoms with Gasteiger partial charge in [0.1, 0.15) is 0 Å². The molecular weight excluding hydrogens is 315 g/mol.